The molecule has 7 nitrogen and oxygen atoms in total. The van der Waals surface area contributed by atoms with Crippen molar-refractivity contribution in [2.24, 2.45) is 0 Å². The molecule has 2 saturated heterocycles. The molecule has 37 heavy (non-hydrogen) atoms. The largest absolute Gasteiger partial charge is 0.389 e. The second-order valence-electron chi connectivity index (χ2n) is 9.47. The number of pyridine rings is 1. The van der Waals surface area contributed by atoms with Gasteiger partial charge in [-0.1, -0.05) is 11.6 Å². The molecule has 0 saturated carbocycles. The average Bonchev–Trinajstić information content (AvgIpc) is 3.51. The molecule has 2 N–H and O–H groups in total. The summed E-state index contributed by atoms with van der Waals surface area (Å²) in [6.07, 6.45) is 4.45. The van der Waals surface area contributed by atoms with Crippen LogP contribution in [0, 0.1) is 11.6 Å². The van der Waals surface area contributed by atoms with Crippen LogP contribution in [0.1, 0.15) is 34.8 Å². The van der Waals surface area contributed by atoms with Gasteiger partial charge in [0.25, 0.3) is 5.91 Å². The fourth-order valence-corrected chi connectivity index (χ4v) is 5.48. The lowest BCUT2D eigenvalue weighted by molar-refractivity contribution is 0.102. The first-order valence-corrected chi connectivity index (χ1v) is 12.5. The van der Waals surface area contributed by atoms with Gasteiger partial charge in [0.1, 0.15) is 11.6 Å². The van der Waals surface area contributed by atoms with Crippen LogP contribution in [0.3, 0.4) is 0 Å². The van der Waals surface area contributed by atoms with Crippen LogP contribution in [0.5, 0.6) is 0 Å². The molecule has 10 heteroatoms. The summed E-state index contributed by atoms with van der Waals surface area (Å²) in [6, 6.07) is 12.2. The number of amides is 1. The molecule has 0 bridgehead atoms. The topological polar surface area (TPSA) is 73.1 Å². The van der Waals surface area contributed by atoms with E-state index in [-0.39, 0.29) is 18.1 Å². The minimum atomic E-state index is -0.468. The number of halogens is 3. The lowest BCUT2D eigenvalue weighted by Crippen LogP contribution is -2.50. The summed E-state index contributed by atoms with van der Waals surface area (Å²) < 4.78 is 30.0. The summed E-state index contributed by atoms with van der Waals surface area (Å²) in [5.41, 5.74) is 3.45. The maximum atomic E-state index is 14.5. The van der Waals surface area contributed by atoms with Crippen molar-refractivity contribution in [2.75, 3.05) is 34.8 Å². The second-order valence-corrected chi connectivity index (χ2v) is 9.88. The number of carbonyl (C=O) groups excluding carboxylic acids is 1. The first-order chi connectivity index (χ1) is 17.9. The zero-order valence-corrected chi connectivity index (χ0v) is 20.5. The van der Waals surface area contributed by atoms with Gasteiger partial charge in [0, 0.05) is 42.8 Å². The Bertz CT molecular complexity index is 1500. The van der Waals surface area contributed by atoms with E-state index in [9.17, 15) is 18.7 Å². The number of benzene rings is 2. The molecule has 2 fully saturated rings. The van der Waals surface area contributed by atoms with E-state index in [0.717, 1.165) is 29.9 Å². The fourth-order valence-electron chi connectivity index (χ4n) is 5.18. The molecule has 1 atom stereocenters. The predicted octanol–water partition coefficient (Wildman–Crippen LogP) is 5.04. The molecule has 1 amide bonds. The Kier molecular flexibility index (Phi) is 5.97. The number of hydrogen-bond donors (Lipinski definition) is 2. The van der Waals surface area contributed by atoms with Gasteiger partial charge >= 0.3 is 0 Å². The van der Waals surface area contributed by atoms with Gasteiger partial charge in [-0.2, -0.15) is 5.10 Å². The Morgan fingerprint density at radius 2 is 1.95 bits per heavy atom. The number of hydrogen-bond acceptors (Lipinski definition) is 5. The number of rotatable bonds is 5. The van der Waals surface area contributed by atoms with Crippen LogP contribution in [-0.2, 0) is 0 Å². The van der Waals surface area contributed by atoms with Gasteiger partial charge in [-0.05, 0) is 61.4 Å². The lowest BCUT2D eigenvalue weighted by atomic mass is 10.0. The van der Waals surface area contributed by atoms with Crippen LogP contribution >= 0.6 is 11.6 Å². The van der Waals surface area contributed by atoms with Crippen molar-refractivity contribution in [3.8, 4) is 0 Å². The smallest absolute Gasteiger partial charge is 0.259 e. The van der Waals surface area contributed by atoms with Gasteiger partial charge in [0.15, 0.2) is 0 Å². The number of nitrogens with zero attached hydrogens (tertiary/aromatic N) is 4. The highest BCUT2D eigenvalue weighted by atomic mass is 35.5. The summed E-state index contributed by atoms with van der Waals surface area (Å²) in [6.45, 7) is 1.74. The minimum Gasteiger partial charge on any atom is -0.389 e. The maximum absolute atomic E-state index is 14.5. The number of β-amino-alcohol motifs (C(OH)–C–C–N with tert-alkyl or cyclic N) is 1. The van der Waals surface area contributed by atoms with Crippen molar-refractivity contribution >= 4 is 40.1 Å². The van der Waals surface area contributed by atoms with Crippen molar-refractivity contribution in [1.29, 1.82) is 0 Å². The molecule has 4 aromatic rings. The molecule has 6 rings (SSSR count). The molecule has 4 heterocycles. The predicted molar refractivity (Wildman–Crippen MR) is 138 cm³/mol. The van der Waals surface area contributed by atoms with Crippen LogP contribution < -0.4 is 15.1 Å². The quantitative estimate of drug-likeness (QED) is 0.383. The first-order valence-electron chi connectivity index (χ1n) is 12.1. The van der Waals surface area contributed by atoms with Gasteiger partial charge in [0.2, 0.25) is 0 Å². The lowest BCUT2D eigenvalue weighted by Gasteiger charge is -2.38. The molecule has 0 spiro atoms. The monoisotopic (exact) mass is 523 g/mol. The van der Waals surface area contributed by atoms with Crippen LogP contribution in [0.15, 0.2) is 60.9 Å². The Labute approximate surface area is 216 Å². The Morgan fingerprint density at radius 1 is 1.11 bits per heavy atom. The normalized spacial score (nSPS) is 17.9. The first kappa shape index (κ1) is 23.7. The van der Waals surface area contributed by atoms with Crippen molar-refractivity contribution < 1.29 is 18.7 Å². The minimum absolute atomic E-state index is 0.300. The molecule has 0 radical (unpaired) electrons. The van der Waals surface area contributed by atoms with Gasteiger partial charge in [-0.15, -0.1) is 0 Å². The summed E-state index contributed by atoms with van der Waals surface area (Å²) >= 11 is 6.42. The highest BCUT2D eigenvalue weighted by Gasteiger charge is 2.30. The number of aliphatic hydroxyl groups excluding tert-OH is 1. The molecule has 190 valence electrons. The standard InChI is InChI=1S/C27H24ClF2N5O2/c28-22-11-17(4-6-25(22)33-14-19(36)15-33)32-27(37)21-13-31-35-9-7-18(12-26(21)35)34-8-1-2-24(34)20-10-16(29)3-5-23(20)30/h3-7,9-13,19,24,36H,1-2,8,14-15H2,(H,32,37)/t24-/m1/s1. The van der Waals surface area contributed by atoms with E-state index in [4.69, 9.17) is 11.6 Å². The SMILES string of the molecule is O=C(Nc1ccc(N2CC(O)C2)c(Cl)c1)c1cnn2ccc(N3CCC[C@@H]3c3cc(F)ccc3F)cc12. The third kappa shape index (κ3) is 4.38. The number of aliphatic hydroxyl groups is 1. The molecule has 2 aliphatic rings. The summed E-state index contributed by atoms with van der Waals surface area (Å²) in [5.74, 6) is -1.24. The van der Waals surface area contributed by atoms with Crippen molar-refractivity contribution in [1.82, 2.24) is 9.61 Å². The number of nitrogens with one attached hydrogen (secondary N) is 1. The van der Waals surface area contributed by atoms with E-state index >= 15 is 0 Å². The van der Waals surface area contributed by atoms with Crippen molar-refractivity contribution in [2.45, 2.75) is 25.0 Å². The van der Waals surface area contributed by atoms with E-state index in [1.54, 1.807) is 22.8 Å². The van der Waals surface area contributed by atoms with Crippen LogP contribution in [0.2, 0.25) is 5.02 Å². The summed E-state index contributed by atoms with van der Waals surface area (Å²) in [5, 5.41) is 17.2. The molecule has 2 aliphatic heterocycles. The zero-order chi connectivity index (χ0) is 25.7. The van der Waals surface area contributed by atoms with E-state index in [2.05, 4.69) is 10.4 Å². The highest BCUT2D eigenvalue weighted by Crippen LogP contribution is 2.38. The van der Waals surface area contributed by atoms with Crippen molar-refractivity contribution in [3.63, 3.8) is 0 Å². The molecule has 2 aromatic heterocycles. The van der Waals surface area contributed by atoms with Gasteiger partial charge in [0.05, 0.1) is 40.1 Å². The number of fused-ring (bicyclic) bond motifs is 1. The molecular weight excluding hydrogens is 500 g/mol. The van der Waals surface area contributed by atoms with E-state index in [1.165, 1.54) is 12.3 Å². The van der Waals surface area contributed by atoms with Crippen LogP contribution in [0.25, 0.3) is 5.52 Å². The van der Waals surface area contributed by atoms with E-state index in [1.807, 2.05) is 28.0 Å². The summed E-state index contributed by atoms with van der Waals surface area (Å²) in [4.78, 5) is 17.2. The van der Waals surface area contributed by atoms with Crippen LogP contribution in [0.4, 0.5) is 25.8 Å². The molecule has 0 aliphatic carbocycles. The van der Waals surface area contributed by atoms with Gasteiger partial charge in [-0.25, -0.2) is 13.3 Å². The molecule has 2 aromatic carbocycles. The Hall–Kier alpha value is -3.69. The zero-order valence-electron chi connectivity index (χ0n) is 19.7. The highest BCUT2D eigenvalue weighted by molar-refractivity contribution is 6.33. The maximum Gasteiger partial charge on any atom is 0.259 e. The summed E-state index contributed by atoms with van der Waals surface area (Å²) in [7, 11) is 0. The molecular formula is C27H24ClF2N5O2. The van der Waals surface area contributed by atoms with E-state index < -0.39 is 11.6 Å². The van der Waals surface area contributed by atoms with E-state index in [0.29, 0.717) is 53.4 Å². The number of aromatic nitrogens is 2. The third-order valence-electron chi connectivity index (χ3n) is 7.06. The average molecular weight is 524 g/mol. The Morgan fingerprint density at radius 3 is 2.73 bits per heavy atom. The number of carbonyl (C=O) groups is 1. The Balaban J connectivity index is 1.26. The van der Waals surface area contributed by atoms with Crippen LogP contribution in [-0.4, -0.2) is 46.4 Å². The van der Waals surface area contributed by atoms with Gasteiger partial charge in [-0.3, -0.25) is 4.79 Å². The fraction of sp³-hybridized carbons (Fsp3) is 0.259. The van der Waals surface area contributed by atoms with Crippen molar-refractivity contribution in [3.05, 3.63) is 88.7 Å². The number of anilines is 3. The third-order valence-corrected chi connectivity index (χ3v) is 7.36. The second kappa shape index (κ2) is 9.32. The van der Waals surface area contributed by atoms with Gasteiger partial charge < -0.3 is 20.2 Å². The molecule has 0 unspecified atom stereocenters.